The van der Waals surface area contributed by atoms with Gasteiger partial charge in [-0.2, -0.15) is 5.26 Å². The summed E-state index contributed by atoms with van der Waals surface area (Å²) >= 11 is 0. The lowest BCUT2D eigenvalue weighted by molar-refractivity contribution is -0.133. The van der Waals surface area contributed by atoms with Gasteiger partial charge in [-0.1, -0.05) is 48.5 Å². The van der Waals surface area contributed by atoms with E-state index in [1.807, 2.05) is 54.3 Å². The topological polar surface area (TPSA) is 60.5 Å². The van der Waals surface area contributed by atoms with Crippen LogP contribution < -0.4 is 0 Å². The molecular formula is C27H29N3O2. The molecular weight excluding hydrogens is 398 g/mol. The molecule has 0 atom stereocenters. The summed E-state index contributed by atoms with van der Waals surface area (Å²) < 4.78 is 5.74. The Kier molecular flexibility index (Phi) is 8.42. The Bertz CT molecular complexity index is 1050. The van der Waals surface area contributed by atoms with Crippen LogP contribution in [0.5, 0.6) is 0 Å². The Morgan fingerprint density at radius 2 is 1.78 bits per heavy atom. The maximum absolute atomic E-state index is 13.3. The fourth-order valence-electron chi connectivity index (χ4n) is 3.56. The van der Waals surface area contributed by atoms with Gasteiger partial charge in [-0.25, -0.2) is 0 Å². The monoisotopic (exact) mass is 427 g/mol. The molecule has 0 spiro atoms. The van der Waals surface area contributed by atoms with E-state index in [0.29, 0.717) is 31.7 Å². The minimum absolute atomic E-state index is 0.0467. The van der Waals surface area contributed by atoms with E-state index in [1.54, 1.807) is 18.2 Å². The van der Waals surface area contributed by atoms with Crippen LogP contribution >= 0.6 is 0 Å². The molecule has 0 N–H and O–H groups in total. The number of rotatable bonds is 11. The summed E-state index contributed by atoms with van der Waals surface area (Å²) in [5.41, 5.74) is 2.87. The average molecular weight is 428 g/mol. The number of amides is 1. The van der Waals surface area contributed by atoms with E-state index >= 15 is 0 Å². The van der Waals surface area contributed by atoms with Crippen molar-refractivity contribution in [1.82, 2.24) is 9.80 Å². The van der Waals surface area contributed by atoms with E-state index in [-0.39, 0.29) is 12.5 Å². The Balaban J connectivity index is 1.69. The minimum atomic E-state index is 0.0467. The zero-order valence-corrected chi connectivity index (χ0v) is 18.5. The fourth-order valence-corrected chi connectivity index (χ4v) is 3.56. The van der Waals surface area contributed by atoms with Gasteiger partial charge in [0.2, 0.25) is 5.91 Å². The summed E-state index contributed by atoms with van der Waals surface area (Å²) in [6.07, 6.45) is 2.59. The molecule has 0 aliphatic carbocycles. The number of benzene rings is 2. The first-order chi connectivity index (χ1) is 15.6. The third-order valence-electron chi connectivity index (χ3n) is 5.24. The van der Waals surface area contributed by atoms with Crippen LogP contribution in [0.1, 0.15) is 28.2 Å². The zero-order chi connectivity index (χ0) is 22.8. The molecule has 3 aromatic rings. The summed E-state index contributed by atoms with van der Waals surface area (Å²) in [6.45, 7) is 8.29. The molecule has 0 aliphatic heterocycles. The highest BCUT2D eigenvalue weighted by atomic mass is 16.3. The van der Waals surface area contributed by atoms with Crippen molar-refractivity contribution in [3.8, 4) is 6.07 Å². The summed E-state index contributed by atoms with van der Waals surface area (Å²) in [6, 6.07) is 23.6. The minimum Gasteiger partial charge on any atom is -0.464 e. The van der Waals surface area contributed by atoms with Crippen molar-refractivity contribution in [1.29, 1.82) is 5.26 Å². The number of carbonyl (C=O) groups is 1. The summed E-state index contributed by atoms with van der Waals surface area (Å²) in [5.74, 6) is 1.67. The first-order valence-corrected chi connectivity index (χ1v) is 10.8. The molecule has 0 radical (unpaired) electrons. The van der Waals surface area contributed by atoms with Gasteiger partial charge < -0.3 is 9.32 Å². The van der Waals surface area contributed by atoms with Crippen LogP contribution in [-0.2, 0) is 24.3 Å². The van der Waals surface area contributed by atoms with E-state index in [1.165, 1.54) is 5.56 Å². The lowest BCUT2D eigenvalue weighted by Gasteiger charge is -2.26. The number of hydrogen-bond acceptors (Lipinski definition) is 4. The molecule has 0 saturated carbocycles. The third-order valence-corrected chi connectivity index (χ3v) is 5.24. The normalized spacial score (nSPS) is 10.7. The highest BCUT2D eigenvalue weighted by molar-refractivity contribution is 5.78. The van der Waals surface area contributed by atoms with Crippen molar-refractivity contribution in [3.63, 3.8) is 0 Å². The number of nitriles is 1. The standard InChI is InChI=1S/C27H29N3O2/c1-3-16-29(19-25-12-10-24(18-28)11-13-25)21-27(31)30(20-26-14-9-22(2)32-26)17-15-23-7-5-4-6-8-23/h3-14H,1,15-17,19-21H2,2H3. The number of furan rings is 1. The van der Waals surface area contributed by atoms with Crippen LogP contribution in [0.4, 0.5) is 0 Å². The molecule has 0 fully saturated rings. The van der Waals surface area contributed by atoms with Gasteiger partial charge in [-0.05, 0) is 48.7 Å². The van der Waals surface area contributed by atoms with Crippen molar-refractivity contribution in [2.24, 2.45) is 0 Å². The molecule has 1 heterocycles. The maximum atomic E-state index is 13.3. The first kappa shape index (κ1) is 23.1. The first-order valence-electron chi connectivity index (χ1n) is 10.8. The van der Waals surface area contributed by atoms with E-state index < -0.39 is 0 Å². The SMILES string of the molecule is C=CCN(CC(=O)N(CCc1ccccc1)Cc1ccc(C)o1)Cc1ccc(C#N)cc1. The fraction of sp³-hybridized carbons (Fsp3) is 0.259. The predicted molar refractivity (Wildman–Crippen MR) is 126 cm³/mol. The lowest BCUT2D eigenvalue weighted by Crippen LogP contribution is -2.40. The molecule has 0 bridgehead atoms. The van der Waals surface area contributed by atoms with Gasteiger partial charge in [-0.3, -0.25) is 9.69 Å². The smallest absolute Gasteiger partial charge is 0.237 e. The second-order valence-corrected chi connectivity index (χ2v) is 7.83. The van der Waals surface area contributed by atoms with Gasteiger partial charge >= 0.3 is 0 Å². The van der Waals surface area contributed by atoms with Crippen molar-refractivity contribution >= 4 is 5.91 Å². The Morgan fingerprint density at radius 1 is 1.03 bits per heavy atom. The van der Waals surface area contributed by atoms with Crippen LogP contribution in [0.3, 0.4) is 0 Å². The Labute approximate surface area is 190 Å². The van der Waals surface area contributed by atoms with Crippen molar-refractivity contribution in [2.75, 3.05) is 19.6 Å². The Morgan fingerprint density at radius 3 is 2.41 bits per heavy atom. The zero-order valence-electron chi connectivity index (χ0n) is 18.5. The Hall–Kier alpha value is -3.62. The molecule has 2 aromatic carbocycles. The molecule has 0 saturated heterocycles. The number of carbonyl (C=O) groups excluding carboxylic acids is 1. The second kappa shape index (κ2) is 11.7. The van der Waals surface area contributed by atoms with Gasteiger partial charge in [-0.15, -0.1) is 6.58 Å². The van der Waals surface area contributed by atoms with E-state index in [9.17, 15) is 4.79 Å². The summed E-state index contributed by atoms with van der Waals surface area (Å²) in [4.78, 5) is 17.2. The second-order valence-electron chi connectivity index (χ2n) is 7.83. The number of nitrogens with zero attached hydrogens (tertiary/aromatic N) is 3. The van der Waals surface area contributed by atoms with Crippen LogP contribution in [0, 0.1) is 18.3 Å². The van der Waals surface area contributed by atoms with Gasteiger partial charge in [0, 0.05) is 19.6 Å². The average Bonchev–Trinajstić information content (AvgIpc) is 3.22. The molecule has 1 amide bonds. The van der Waals surface area contributed by atoms with Gasteiger partial charge in [0.25, 0.3) is 0 Å². The molecule has 1 aromatic heterocycles. The summed E-state index contributed by atoms with van der Waals surface area (Å²) in [7, 11) is 0. The van der Waals surface area contributed by atoms with Crippen molar-refractivity contribution < 1.29 is 9.21 Å². The highest BCUT2D eigenvalue weighted by Crippen LogP contribution is 2.13. The summed E-state index contributed by atoms with van der Waals surface area (Å²) in [5, 5.41) is 9.00. The van der Waals surface area contributed by atoms with E-state index in [2.05, 4.69) is 29.7 Å². The van der Waals surface area contributed by atoms with E-state index in [0.717, 1.165) is 23.5 Å². The highest BCUT2D eigenvalue weighted by Gasteiger charge is 2.19. The molecule has 5 nitrogen and oxygen atoms in total. The molecule has 0 aliphatic rings. The lowest BCUT2D eigenvalue weighted by atomic mass is 10.1. The quantitative estimate of drug-likeness (QED) is 0.416. The molecule has 5 heteroatoms. The van der Waals surface area contributed by atoms with Crippen LogP contribution in [0.25, 0.3) is 0 Å². The number of hydrogen-bond donors (Lipinski definition) is 0. The van der Waals surface area contributed by atoms with Crippen LogP contribution in [-0.4, -0.2) is 35.3 Å². The third kappa shape index (κ3) is 6.97. The predicted octanol–water partition coefficient (Wildman–Crippen LogP) is 4.72. The molecule has 164 valence electrons. The maximum Gasteiger partial charge on any atom is 0.237 e. The largest absolute Gasteiger partial charge is 0.464 e. The van der Waals surface area contributed by atoms with E-state index in [4.69, 9.17) is 9.68 Å². The van der Waals surface area contributed by atoms with Gasteiger partial charge in [0.1, 0.15) is 11.5 Å². The number of aryl methyl sites for hydroxylation is 1. The van der Waals surface area contributed by atoms with Crippen molar-refractivity contribution in [3.05, 3.63) is 108 Å². The van der Waals surface area contributed by atoms with Crippen molar-refractivity contribution in [2.45, 2.75) is 26.4 Å². The molecule has 32 heavy (non-hydrogen) atoms. The van der Waals surface area contributed by atoms with Gasteiger partial charge in [0.15, 0.2) is 0 Å². The molecule has 3 rings (SSSR count). The van der Waals surface area contributed by atoms with Crippen LogP contribution in [0.2, 0.25) is 0 Å². The van der Waals surface area contributed by atoms with Crippen LogP contribution in [0.15, 0.2) is 83.8 Å². The van der Waals surface area contributed by atoms with Gasteiger partial charge in [0.05, 0.1) is 24.7 Å². The molecule has 0 unspecified atom stereocenters.